The van der Waals surface area contributed by atoms with Crippen molar-refractivity contribution in [2.45, 2.75) is 70.1 Å². The molecule has 1 aromatic rings. The Kier molecular flexibility index (Phi) is 3.62. The fourth-order valence-corrected chi connectivity index (χ4v) is 3.94. The zero-order chi connectivity index (χ0) is 16.1. The van der Waals surface area contributed by atoms with Crippen LogP contribution in [-0.4, -0.2) is 13.4 Å². The third kappa shape index (κ3) is 2.47. The van der Waals surface area contributed by atoms with Gasteiger partial charge in [-0.2, -0.15) is 0 Å². The Labute approximate surface area is 134 Å². The molecule has 0 bridgehead atoms. The van der Waals surface area contributed by atoms with Crippen LogP contribution in [0.5, 0.6) is 5.75 Å². The zero-order valence-corrected chi connectivity index (χ0v) is 14.5. The minimum absolute atomic E-state index is 0.00101. The molecule has 3 rings (SSSR count). The van der Waals surface area contributed by atoms with E-state index in [0.29, 0.717) is 5.92 Å². The van der Waals surface area contributed by atoms with Gasteiger partial charge in [0.25, 0.3) is 0 Å². The van der Waals surface area contributed by atoms with E-state index < -0.39 is 0 Å². The first-order valence-corrected chi connectivity index (χ1v) is 8.48. The molecule has 1 aromatic carbocycles. The quantitative estimate of drug-likeness (QED) is 0.751. The van der Waals surface area contributed by atoms with Gasteiger partial charge in [0.1, 0.15) is 12.0 Å². The summed E-state index contributed by atoms with van der Waals surface area (Å²) in [6.45, 7) is 9.28. The van der Waals surface area contributed by atoms with E-state index in [1.807, 2.05) is 0 Å². The van der Waals surface area contributed by atoms with Crippen molar-refractivity contribution in [2.75, 3.05) is 7.11 Å². The molecule has 1 fully saturated rings. The molecule has 0 saturated heterocycles. The molecule has 22 heavy (non-hydrogen) atoms. The molecule has 0 spiro atoms. The number of benzene rings is 1. The fraction of sp³-hybridized carbons (Fsp3) is 0.650. The molecular formula is C20H28O2. The maximum atomic E-state index is 11.7. The summed E-state index contributed by atoms with van der Waals surface area (Å²) in [6.07, 6.45) is 5.84. The lowest BCUT2D eigenvalue weighted by Gasteiger charge is -2.42. The van der Waals surface area contributed by atoms with E-state index in [1.54, 1.807) is 7.11 Å². The first-order chi connectivity index (χ1) is 10.3. The molecule has 0 N–H and O–H groups in total. The minimum Gasteiger partial charge on any atom is -0.496 e. The van der Waals surface area contributed by atoms with Crippen LogP contribution in [0.4, 0.5) is 0 Å². The topological polar surface area (TPSA) is 26.3 Å². The van der Waals surface area contributed by atoms with Crippen LogP contribution in [0.3, 0.4) is 0 Å². The molecule has 1 unspecified atom stereocenters. The first kappa shape index (κ1) is 15.6. The maximum Gasteiger partial charge on any atom is 0.127 e. The molecule has 0 radical (unpaired) electrons. The third-order valence-corrected chi connectivity index (χ3v) is 5.84. The van der Waals surface area contributed by atoms with Gasteiger partial charge in [-0.05, 0) is 59.6 Å². The Morgan fingerprint density at radius 1 is 1.09 bits per heavy atom. The summed E-state index contributed by atoms with van der Waals surface area (Å²) in [4.78, 5) is 11.7. The van der Waals surface area contributed by atoms with Gasteiger partial charge in [-0.15, -0.1) is 0 Å². The van der Waals surface area contributed by atoms with E-state index in [2.05, 4.69) is 39.8 Å². The summed E-state index contributed by atoms with van der Waals surface area (Å²) in [5.74, 6) is 1.42. The number of hydrogen-bond acceptors (Lipinski definition) is 2. The molecule has 2 heteroatoms. The van der Waals surface area contributed by atoms with Crippen LogP contribution in [0.25, 0.3) is 0 Å². The summed E-state index contributed by atoms with van der Waals surface area (Å²) >= 11 is 0. The van der Waals surface area contributed by atoms with Crippen LogP contribution in [0.2, 0.25) is 0 Å². The number of hydrogen-bond donors (Lipinski definition) is 0. The highest BCUT2D eigenvalue weighted by molar-refractivity contribution is 5.67. The van der Waals surface area contributed by atoms with Gasteiger partial charge in [-0.25, -0.2) is 0 Å². The van der Waals surface area contributed by atoms with E-state index in [9.17, 15) is 4.79 Å². The number of methoxy groups -OCH3 is 1. The van der Waals surface area contributed by atoms with Crippen LogP contribution in [-0.2, 0) is 15.6 Å². The Morgan fingerprint density at radius 3 is 2.09 bits per heavy atom. The highest BCUT2D eigenvalue weighted by Crippen LogP contribution is 2.50. The summed E-state index contributed by atoms with van der Waals surface area (Å²) < 4.78 is 5.67. The van der Waals surface area contributed by atoms with E-state index in [4.69, 9.17) is 4.74 Å². The molecule has 0 heterocycles. The second kappa shape index (κ2) is 5.11. The summed E-state index contributed by atoms with van der Waals surface area (Å²) in [5.41, 5.74) is 4.25. The molecule has 120 valence electrons. The molecule has 1 saturated carbocycles. The van der Waals surface area contributed by atoms with Crippen LogP contribution in [0.1, 0.15) is 76.0 Å². The number of ether oxygens (including phenoxy) is 1. The van der Waals surface area contributed by atoms with Gasteiger partial charge in [-0.3, -0.25) is 0 Å². The van der Waals surface area contributed by atoms with Crippen LogP contribution in [0, 0.1) is 5.92 Å². The minimum atomic E-state index is 0.00101. The van der Waals surface area contributed by atoms with Gasteiger partial charge in [-0.1, -0.05) is 33.8 Å². The van der Waals surface area contributed by atoms with Gasteiger partial charge in [0.15, 0.2) is 0 Å². The lowest BCUT2D eigenvalue weighted by molar-refractivity contribution is -0.109. The summed E-state index contributed by atoms with van der Waals surface area (Å²) in [7, 11) is 1.72. The number of carbonyl (C=O) groups excluding carboxylic acids is 1. The van der Waals surface area contributed by atoms with Crippen molar-refractivity contribution >= 4 is 6.29 Å². The molecular weight excluding hydrogens is 272 g/mol. The van der Waals surface area contributed by atoms with Gasteiger partial charge >= 0.3 is 0 Å². The van der Waals surface area contributed by atoms with E-state index >= 15 is 0 Å². The average molecular weight is 300 g/mol. The van der Waals surface area contributed by atoms with Crippen LogP contribution < -0.4 is 4.74 Å². The standard InChI is InChI=1S/C20H28O2/c1-19(2)8-9-20(3,4)17-11-18(22-5)14(10-16(17)19)15(12-21)13-6-7-13/h10-13,15H,6-9H2,1-5H3. The monoisotopic (exact) mass is 300 g/mol. The second-order valence-electron chi connectivity index (χ2n) is 8.41. The van der Waals surface area contributed by atoms with Crippen molar-refractivity contribution in [1.29, 1.82) is 0 Å². The second-order valence-corrected chi connectivity index (χ2v) is 8.41. The highest BCUT2D eigenvalue weighted by atomic mass is 16.5. The van der Waals surface area contributed by atoms with E-state index in [0.717, 1.165) is 17.6 Å². The van der Waals surface area contributed by atoms with Crippen molar-refractivity contribution in [3.63, 3.8) is 0 Å². The Bertz CT molecular complexity index is 594. The van der Waals surface area contributed by atoms with Crippen LogP contribution >= 0.6 is 0 Å². The lowest BCUT2D eigenvalue weighted by Crippen LogP contribution is -2.34. The predicted octanol–water partition coefficient (Wildman–Crippen LogP) is 4.74. The highest BCUT2D eigenvalue weighted by Gasteiger charge is 2.40. The molecule has 1 atom stereocenters. The zero-order valence-electron chi connectivity index (χ0n) is 14.5. The van der Waals surface area contributed by atoms with Crippen molar-refractivity contribution < 1.29 is 9.53 Å². The van der Waals surface area contributed by atoms with Gasteiger partial charge in [0, 0.05) is 11.5 Å². The summed E-state index contributed by atoms with van der Waals surface area (Å²) in [5, 5.41) is 0. The fourth-order valence-electron chi connectivity index (χ4n) is 3.94. The largest absolute Gasteiger partial charge is 0.496 e. The smallest absolute Gasteiger partial charge is 0.127 e. The number of fused-ring (bicyclic) bond motifs is 1. The Hall–Kier alpha value is -1.31. The molecule has 2 nitrogen and oxygen atoms in total. The van der Waals surface area contributed by atoms with Gasteiger partial charge in [0.2, 0.25) is 0 Å². The van der Waals surface area contributed by atoms with Crippen LogP contribution in [0.15, 0.2) is 12.1 Å². The number of carbonyl (C=O) groups is 1. The molecule has 0 aliphatic heterocycles. The average Bonchev–Trinajstić information content (AvgIpc) is 3.29. The Morgan fingerprint density at radius 2 is 1.64 bits per heavy atom. The summed E-state index contributed by atoms with van der Waals surface area (Å²) in [6, 6.07) is 4.50. The van der Waals surface area contributed by atoms with Crippen molar-refractivity contribution in [1.82, 2.24) is 0 Å². The predicted molar refractivity (Wildman–Crippen MR) is 89.8 cm³/mol. The van der Waals surface area contributed by atoms with Gasteiger partial charge < -0.3 is 9.53 Å². The van der Waals surface area contributed by atoms with Gasteiger partial charge in [0.05, 0.1) is 7.11 Å². The SMILES string of the molecule is COc1cc2c(cc1C(C=O)C1CC1)C(C)(C)CCC2(C)C. The molecule has 2 aliphatic carbocycles. The van der Waals surface area contributed by atoms with Crippen molar-refractivity contribution in [3.05, 3.63) is 28.8 Å². The van der Waals surface area contributed by atoms with E-state index in [-0.39, 0.29) is 16.7 Å². The first-order valence-electron chi connectivity index (χ1n) is 8.48. The number of rotatable bonds is 4. The van der Waals surface area contributed by atoms with Crippen molar-refractivity contribution in [2.24, 2.45) is 5.92 Å². The van der Waals surface area contributed by atoms with E-state index in [1.165, 1.54) is 36.8 Å². The number of aldehydes is 1. The molecule has 0 aromatic heterocycles. The normalized spacial score (nSPS) is 23.5. The lowest BCUT2D eigenvalue weighted by atomic mass is 9.62. The third-order valence-electron chi connectivity index (χ3n) is 5.84. The molecule has 2 aliphatic rings. The van der Waals surface area contributed by atoms with Crippen molar-refractivity contribution in [3.8, 4) is 5.75 Å². The molecule has 0 amide bonds. The Balaban J connectivity index is 2.19. The maximum absolute atomic E-state index is 11.7.